The molecule has 0 saturated carbocycles. The van der Waals surface area contributed by atoms with Crippen LogP contribution in [0.5, 0.6) is 0 Å². The van der Waals surface area contributed by atoms with E-state index in [0.717, 1.165) is 16.8 Å². The number of fused-ring (bicyclic) bond motifs is 2. The topological polar surface area (TPSA) is 113 Å². The van der Waals surface area contributed by atoms with Gasteiger partial charge in [0.2, 0.25) is 5.91 Å². The monoisotopic (exact) mass is 471 g/mol. The predicted octanol–water partition coefficient (Wildman–Crippen LogP) is 3.90. The molecule has 0 atom stereocenters. The van der Waals surface area contributed by atoms with Gasteiger partial charge < -0.3 is 15.3 Å². The Balaban J connectivity index is 1.48. The number of imidazole rings is 1. The van der Waals surface area contributed by atoms with E-state index in [9.17, 15) is 14.4 Å². The highest BCUT2D eigenvalue weighted by Gasteiger charge is 2.17. The molecule has 9 heteroatoms. The molecule has 5 rings (SSSR count). The highest BCUT2D eigenvalue weighted by molar-refractivity contribution is 7.99. The van der Waals surface area contributed by atoms with Crippen LogP contribution in [0.2, 0.25) is 0 Å². The van der Waals surface area contributed by atoms with E-state index in [1.165, 1.54) is 11.8 Å². The molecule has 0 fully saturated rings. The number of carbonyl (C=O) groups is 1. The Morgan fingerprint density at radius 3 is 2.50 bits per heavy atom. The first-order valence-electron chi connectivity index (χ1n) is 10.6. The number of carbonyl (C=O) groups excluding carboxylic acids is 1. The van der Waals surface area contributed by atoms with Crippen LogP contribution >= 0.6 is 11.8 Å². The quantitative estimate of drug-likeness (QED) is 0.266. The number of benzene rings is 3. The summed E-state index contributed by atoms with van der Waals surface area (Å²) in [6.45, 7) is 3.90. The number of thioether (sulfide) groups is 1. The molecule has 0 aliphatic carbocycles. The van der Waals surface area contributed by atoms with E-state index >= 15 is 0 Å². The molecule has 0 bridgehead atoms. The number of nitrogens with one attached hydrogen (secondary N) is 3. The Morgan fingerprint density at radius 1 is 0.971 bits per heavy atom. The maximum atomic E-state index is 13.5. The molecule has 170 valence electrons. The van der Waals surface area contributed by atoms with E-state index in [-0.39, 0.29) is 22.9 Å². The molecule has 0 radical (unpaired) electrons. The number of para-hydroxylation sites is 2. The normalized spacial score (nSPS) is 11.2. The molecule has 0 aliphatic rings. The van der Waals surface area contributed by atoms with Crippen molar-refractivity contribution in [2.45, 2.75) is 19.0 Å². The fourth-order valence-corrected chi connectivity index (χ4v) is 4.80. The first-order valence-corrected chi connectivity index (χ1v) is 11.6. The number of nitrogens with zero attached hydrogens (tertiary/aromatic N) is 2. The number of rotatable bonds is 5. The SMILES string of the molecule is Cc1cccc(C)c1-n1c(SCC(=O)Nc2ccc3[nH]c(=O)[nH]c3c2)nc2ccccc2c1=O. The van der Waals surface area contributed by atoms with Crippen LogP contribution in [0.15, 0.2) is 75.4 Å². The van der Waals surface area contributed by atoms with E-state index in [0.29, 0.717) is 32.8 Å². The van der Waals surface area contributed by atoms with Crippen LogP contribution in [0.1, 0.15) is 11.1 Å². The molecule has 3 N–H and O–H groups in total. The van der Waals surface area contributed by atoms with Crippen molar-refractivity contribution in [1.29, 1.82) is 0 Å². The Labute approximate surface area is 198 Å². The summed E-state index contributed by atoms with van der Waals surface area (Å²) in [6, 6.07) is 18.2. The van der Waals surface area contributed by atoms with Crippen molar-refractivity contribution in [3.05, 3.63) is 92.6 Å². The second-order valence-electron chi connectivity index (χ2n) is 7.97. The number of aromatic nitrogens is 4. The molecular weight excluding hydrogens is 450 g/mol. The summed E-state index contributed by atoms with van der Waals surface area (Å²) in [7, 11) is 0. The number of amides is 1. The average Bonchev–Trinajstić information content (AvgIpc) is 3.18. The molecule has 3 aromatic carbocycles. The summed E-state index contributed by atoms with van der Waals surface area (Å²) in [5, 5.41) is 3.80. The van der Waals surface area contributed by atoms with Gasteiger partial charge in [0.1, 0.15) is 0 Å². The molecule has 1 amide bonds. The Hall–Kier alpha value is -4.11. The van der Waals surface area contributed by atoms with E-state index < -0.39 is 0 Å². The van der Waals surface area contributed by atoms with Crippen LogP contribution in [-0.2, 0) is 4.79 Å². The molecule has 0 spiro atoms. The van der Waals surface area contributed by atoms with E-state index in [2.05, 4.69) is 15.3 Å². The summed E-state index contributed by atoms with van der Waals surface area (Å²) in [4.78, 5) is 47.7. The zero-order valence-corrected chi connectivity index (χ0v) is 19.3. The van der Waals surface area contributed by atoms with Crippen molar-refractivity contribution in [2.24, 2.45) is 0 Å². The van der Waals surface area contributed by atoms with Gasteiger partial charge in [0.25, 0.3) is 5.56 Å². The molecule has 8 nitrogen and oxygen atoms in total. The summed E-state index contributed by atoms with van der Waals surface area (Å²) in [6.07, 6.45) is 0. The number of hydrogen-bond donors (Lipinski definition) is 3. The van der Waals surface area contributed by atoms with Gasteiger partial charge in [0.15, 0.2) is 5.16 Å². The largest absolute Gasteiger partial charge is 0.325 e. The van der Waals surface area contributed by atoms with Crippen molar-refractivity contribution in [3.8, 4) is 5.69 Å². The lowest BCUT2D eigenvalue weighted by Gasteiger charge is -2.17. The van der Waals surface area contributed by atoms with Gasteiger partial charge in [-0.15, -0.1) is 0 Å². The molecule has 0 saturated heterocycles. The van der Waals surface area contributed by atoms with Gasteiger partial charge in [-0.25, -0.2) is 9.78 Å². The van der Waals surface area contributed by atoms with Crippen LogP contribution in [0, 0.1) is 13.8 Å². The maximum absolute atomic E-state index is 13.5. The standard InChI is InChI=1S/C25H21N5O3S/c1-14-6-5-7-15(2)22(14)30-23(32)17-8-3-4-9-18(17)29-25(30)34-13-21(31)26-16-10-11-19-20(12-16)28-24(33)27-19/h3-12H,13H2,1-2H3,(H,26,31)(H2,27,28,33). The van der Waals surface area contributed by atoms with Gasteiger partial charge in [0, 0.05) is 5.69 Å². The molecule has 34 heavy (non-hydrogen) atoms. The van der Waals surface area contributed by atoms with Gasteiger partial charge in [-0.05, 0) is 55.3 Å². The lowest BCUT2D eigenvalue weighted by atomic mass is 10.1. The number of hydrogen-bond acceptors (Lipinski definition) is 5. The first kappa shape index (κ1) is 21.7. The maximum Gasteiger partial charge on any atom is 0.323 e. The average molecular weight is 472 g/mol. The minimum Gasteiger partial charge on any atom is -0.325 e. The van der Waals surface area contributed by atoms with Crippen LogP contribution in [0.3, 0.4) is 0 Å². The van der Waals surface area contributed by atoms with Crippen LogP contribution < -0.4 is 16.6 Å². The second-order valence-corrected chi connectivity index (χ2v) is 8.91. The number of anilines is 1. The van der Waals surface area contributed by atoms with Crippen molar-refractivity contribution >= 4 is 45.3 Å². The van der Waals surface area contributed by atoms with Gasteiger partial charge in [-0.3, -0.25) is 14.2 Å². The predicted molar refractivity (Wildman–Crippen MR) is 135 cm³/mol. The Morgan fingerprint density at radius 2 is 1.71 bits per heavy atom. The highest BCUT2D eigenvalue weighted by atomic mass is 32.2. The molecule has 0 aliphatic heterocycles. The van der Waals surface area contributed by atoms with E-state index in [1.807, 2.05) is 44.2 Å². The summed E-state index contributed by atoms with van der Waals surface area (Å²) in [5.74, 6) is -0.199. The van der Waals surface area contributed by atoms with E-state index in [4.69, 9.17) is 4.98 Å². The molecule has 2 heterocycles. The van der Waals surface area contributed by atoms with Gasteiger partial charge in [-0.1, -0.05) is 42.1 Å². The zero-order chi connectivity index (χ0) is 23.8. The van der Waals surface area contributed by atoms with Crippen molar-refractivity contribution in [3.63, 3.8) is 0 Å². The Kier molecular flexibility index (Phi) is 5.54. The smallest absolute Gasteiger partial charge is 0.323 e. The van der Waals surface area contributed by atoms with Gasteiger partial charge in [0.05, 0.1) is 33.4 Å². The highest BCUT2D eigenvalue weighted by Crippen LogP contribution is 2.25. The third-order valence-electron chi connectivity index (χ3n) is 5.54. The van der Waals surface area contributed by atoms with Crippen molar-refractivity contribution in [2.75, 3.05) is 11.1 Å². The Bertz CT molecular complexity index is 1660. The number of aryl methyl sites for hydroxylation is 2. The second kappa shape index (κ2) is 8.68. The lowest BCUT2D eigenvalue weighted by Crippen LogP contribution is -2.24. The van der Waals surface area contributed by atoms with Gasteiger partial charge in [-0.2, -0.15) is 0 Å². The third-order valence-corrected chi connectivity index (χ3v) is 6.48. The minimum atomic E-state index is -0.305. The first-order chi connectivity index (χ1) is 16.4. The van der Waals surface area contributed by atoms with Crippen molar-refractivity contribution in [1.82, 2.24) is 19.5 Å². The minimum absolute atomic E-state index is 0.0530. The third kappa shape index (κ3) is 4.01. The fraction of sp³-hybridized carbons (Fsp3) is 0.120. The lowest BCUT2D eigenvalue weighted by molar-refractivity contribution is -0.113. The molecular formula is C25H21N5O3S. The van der Waals surface area contributed by atoms with E-state index in [1.54, 1.807) is 34.9 Å². The fourth-order valence-electron chi connectivity index (χ4n) is 4.00. The van der Waals surface area contributed by atoms with Crippen LogP contribution in [-0.4, -0.2) is 31.2 Å². The molecule has 0 unspecified atom stereocenters. The number of aromatic amines is 2. The molecule has 5 aromatic rings. The molecule has 2 aromatic heterocycles. The number of H-pyrrole nitrogens is 2. The van der Waals surface area contributed by atoms with Gasteiger partial charge >= 0.3 is 5.69 Å². The van der Waals surface area contributed by atoms with Crippen molar-refractivity contribution < 1.29 is 4.79 Å². The zero-order valence-electron chi connectivity index (χ0n) is 18.5. The van der Waals surface area contributed by atoms with Crippen LogP contribution in [0.4, 0.5) is 5.69 Å². The summed E-state index contributed by atoms with van der Waals surface area (Å²) >= 11 is 1.20. The van der Waals surface area contributed by atoms with Crippen LogP contribution in [0.25, 0.3) is 27.6 Å². The summed E-state index contributed by atoms with van der Waals surface area (Å²) in [5.41, 5.74) is 4.60. The summed E-state index contributed by atoms with van der Waals surface area (Å²) < 4.78 is 1.60.